The molecule has 1 rings (SSSR count). The zero-order valence-electron chi connectivity index (χ0n) is 9.02. The highest BCUT2D eigenvalue weighted by Gasteiger charge is 2.08. The molecule has 0 bridgehead atoms. The van der Waals surface area contributed by atoms with Crippen LogP contribution in [0.1, 0.15) is 24.8 Å². The van der Waals surface area contributed by atoms with Crippen LogP contribution >= 0.6 is 0 Å². The molecule has 0 aliphatic heterocycles. The largest absolute Gasteiger partial charge is 0.494 e. The minimum atomic E-state index is -0.190. The quantitative estimate of drug-likeness (QED) is 0.749. The molecule has 0 spiro atoms. The lowest BCUT2D eigenvalue weighted by Crippen LogP contribution is -2.08. The Hall–Kier alpha value is -1.06. The molecule has 3 heteroatoms. The molecule has 84 valence electrons. The predicted octanol–water partition coefficient (Wildman–Crippen LogP) is 1.54. The molecule has 0 saturated heterocycles. The summed E-state index contributed by atoms with van der Waals surface area (Å²) in [5.74, 6) is 0.639. The predicted molar refractivity (Wildman–Crippen MR) is 59.1 cm³/mol. The van der Waals surface area contributed by atoms with Gasteiger partial charge < -0.3 is 14.9 Å². The molecule has 0 aromatic heterocycles. The number of hydrogen-bond donors (Lipinski definition) is 2. The van der Waals surface area contributed by atoms with E-state index in [2.05, 4.69) is 6.92 Å². The average molecular weight is 210 g/mol. The van der Waals surface area contributed by atoms with E-state index < -0.39 is 0 Å². The number of rotatable bonds is 6. The lowest BCUT2D eigenvalue weighted by molar-refractivity contribution is 0.192. The number of aliphatic hydroxyl groups is 2. The zero-order chi connectivity index (χ0) is 11.1. The Morgan fingerprint density at radius 3 is 2.20 bits per heavy atom. The smallest absolute Gasteiger partial charge is 0.119 e. The van der Waals surface area contributed by atoms with E-state index in [1.54, 1.807) is 0 Å². The molecule has 15 heavy (non-hydrogen) atoms. The van der Waals surface area contributed by atoms with Crippen LogP contribution in [0.4, 0.5) is 0 Å². The molecule has 2 N–H and O–H groups in total. The molecule has 0 heterocycles. The van der Waals surface area contributed by atoms with E-state index in [9.17, 15) is 0 Å². The Morgan fingerprint density at radius 1 is 1.13 bits per heavy atom. The van der Waals surface area contributed by atoms with Crippen molar-refractivity contribution < 1.29 is 14.9 Å². The summed E-state index contributed by atoms with van der Waals surface area (Å²) >= 11 is 0. The van der Waals surface area contributed by atoms with Crippen molar-refractivity contribution in [2.24, 2.45) is 0 Å². The molecule has 3 nitrogen and oxygen atoms in total. The van der Waals surface area contributed by atoms with E-state index in [0.717, 1.165) is 17.7 Å². The average Bonchev–Trinajstić information content (AvgIpc) is 2.29. The third-order valence-corrected chi connectivity index (χ3v) is 2.27. The minimum Gasteiger partial charge on any atom is -0.494 e. The van der Waals surface area contributed by atoms with Crippen LogP contribution in [-0.2, 0) is 0 Å². The van der Waals surface area contributed by atoms with Crippen LogP contribution in [0.25, 0.3) is 0 Å². The first-order valence-corrected chi connectivity index (χ1v) is 5.26. The van der Waals surface area contributed by atoms with Gasteiger partial charge in [0, 0.05) is 5.92 Å². The molecular formula is C12H18O3. The molecule has 0 saturated carbocycles. The van der Waals surface area contributed by atoms with Gasteiger partial charge in [-0.1, -0.05) is 19.1 Å². The maximum absolute atomic E-state index is 9.00. The third-order valence-electron chi connectivity index (χ3n) is 2.27. The maximum atomic E-state index is 9.00. The van der Waals surface area contributed by atoms with Gasteiger partial charge >= 0.3 is 0 Å². The van der Waals surface area contributed by atoms with Crippen molar-refractivity contribution in [3.8, 4) is 5.75 Å². The van der Waals surface area contributed by atoms with E-state index in [1.807, 2.05) is 24.3 Å². The van der Waals surface area contributed by atoms with Crippen LogP contribution in [0.15, 0.2) is 24.3 Å². The molecule has 0 fully saturated rings. The van der Waals surface area contributed by atoms with Crippen molar-refractivity contribution in [2.45, 2.75) is 19.3 Å². The highest BCUT2D eigenvalue weighted by Crippen LogP contribution is 2.18. The van der Waals surface area contributed by atoms with E-state index >= 15 is 0 Å². The van der Waals surface area contributed by atoms with Gasteiger partial charge in [-0.3, -0.25) is 0 Å². The highest BCUT2D eigenvalue weighted by molar-refractivity contribution is 5.29. The van der Waals surface area contributed by atoms with Gasteiger partial charge in [0.15, 0.2) is 0 Å². The fourth-order valence-electron chi connectivity index (χ4n) is 1.32. The standard InChI is InChI=1S/C12H18O3/c1-2-7-15-12-5-3-10(4-6-12)11(8-13)9-14/h3-6,11,13-14H,2,7-9H2,1H3. The van der Waals surface area contributed by atoms with Crippen molar-refractivity contribution in [2.75, 3.05) is 19.8 Å². The fraction of sp³-hybridized carbons (Fsp3) is 0.500. The summed E-state index contributed by atoms with van der Waals surface area (Å²) in [6.45, 7) is 2.70. The molecule has 0 aliphatic carbocycles. The second-order valence-electron chi connectivity index (χ2n) is 3.48. The summed E-state index contributed by atoms with van der Waals surface area (Å²) in [4.78, 5) is 0. The van der Waals surface area contributed by atoms with Crippen LogP contribution in [0, 0.1) is 0 Å². The molecule has 0 atom stereocenters. The summed E-state index contributed by atoms with van der Waals surface area (Å²) in [5.41, 5.74) is 0.934. The Labute approximate surface area is 90.3 Å². The Bertz CT molecular complexity index is 265. The minimum absolute atomic E-state index is 0.0360. The fourth-order valence-corrected chi connectivity index (χ4v) is 1.32. The molecule has 0 amide bonds. The van der Waals surface area contributed by atoms with Crippen molar-refractivity contribution in [3.05, 3.63) is 29.8 Å². The van der Waals surface area contributed by atoms with Gasteiger partial charge in [0.25, 0.3) is 0 Å². The molecular weight excluding hydrogens is 192 g/mol. The van der Waals surface area contributed by atoms with Gasteiger partial charge in [-0.25, -0.2) is 0 Å². The topological polar surface area (TPSA) is 49.7 Å². The Morgan fingerprint density at radius 2 is 1.73 bits per heavy atom. The second-order valence-corrected chi connectivity index (χ2v) is 3.48. The Balaban J connectivity index is 2.62. The highest BCUT2D eigenvalue weighted by atomic mass is 16.5. The summed E-state index contributed by atoms with van der Waals surface area (Å²) in [6.07, 6.45) is 0.984. The second kappa shape index (κ2) is 6.43. The van der Waals surface area contributed by atoms with E-state index in [-0.39, 0.29) is 19.1 Å². The van der Waals surface area contributed by atoms with Gasteiger partial charge in [0.2, 0.25) is 0 Å². The number of ether oxygens (including phenoxy) is 1. The first-order chi connectivity index (χ1) is 7.31. The first-order valence-electron chi connectivity index (χ1n) is 5.26. The molecule has 1 aromatic carbocycles. The van der Waals surface area contributed by atoms with E-state index in [0.29, 0.717) is 6.61 Å². The van der Waals surface area contributed by atoms with Gasteiger partial charge in [-0.05, 0) is 24.1 Å². The summed E-state index contributed by atoms with van der Waals surface area (Å²) in [6, 6.07) is 7.48. The lowest BCUT2D eigenvalue weighted by Gasteiger charge is -2.12. The van der Waals surface area contributed by atoms with Crippen molar-refractivity contribution in [3.63, 3.8) is 0 Å². The SMILES string of the molecule is CCCOc1ccc(C(CO)CO)cc1. The van der Waals surface area contributed by atoms with Gasteiger partial charge in [-0.15, -0.1) is 0 Å². The van der Waals surface area contributed by atoms with Gasteiger partial charge in [0.05, 0.1) is 19.8 Å². The maximum Gasteiger partial charge on any atom is 0.119 e. The van der Waals surface area contributed by atoms with Crippen molar-refractivity contribution in [1.82, 2.24) is 0 Å². The number of hydrogen-bond acceptors (Lipinski definition) is 3. The van der Waals surface area contributed by atoms with E-state index in [4.69, 9.17) is 14.9 Å². The van der Waals surface area contributed by atoms with Gasteiger partial charge in [0.1, 0.15) is 5.75 Å². The van der Waals surface area contributed by atoms with E-state index in [1.165, 1.54) is 0 Å². The van der Waals surface area contributed by atoms with Crippen LogP contribution in [-0.4, -0.2) is 30.0 Å². The number of aliphatic hydroxyl groups excluding tert-OH is 2. The van der Waals surface area contributed by atoms with Crippen LogP contribution < -0.4 is 4.74 Å². The van der Waals surface area contributed by atoms with Crippen LogP contribution in [0.5, 0.6) is 5.75 Å². The molecule has 0 aliphatic rings. The zero-order valence-corrected chi connectivity index (χ0v) is 9.02. The molecule has 0 unspecified atom stereocenters. The number of benzene rings is 1. The lowest BCUT2D eigenvalue weighted by atomic mass is 10.0. The van der Waals surface area contributed by atoms with Gasteiger partial charge in [-0.2, -0.15) is 0 Å². The molecule has 0 radical (unpaired) electrons. The first kappa shape index (κ1) is 12.0. The van der Waals surface area contributed by atoms with Crippen molar-refractivity contribution >= 4 is 0 Å². The summed E-state index contributed by atoms with van der Waals surface area (Å²) < 4.78 is 5.43. The summed E-state index contributed by atoms with van der Waals surface area (Å²) in [7, 11) is 0. The van der Waals surface area contributed by atoms with Crippen LogP contribution in [0.2, 0.25) is 0 Å². The Kier molecular flexibility index (Phi) is 5.15. The summed E-state index contributed by atoms with van der Waals surface area (Å²) in [5, 5.41) is 18.0. The van der Waals surface area contributed by atoms with Crippen LogP contribution in [0.3, 0.4) is 0 Å². The third kappa shape index (κ3) is 3.53. The normalized spacial score (nSPS) is 10.7. The monoisotopic (exact) mass is 210 g/mol. The molecule has 1 aromatic rings. The van der Waals surface area contributed by atoms with Crippen molar-refractivity contribution in [1.29, 1.82) is 0 Å².